The summed E-state index contributed by atoms with van der Waals surface area (Å²) in [4.78, 5) is 89.9. The molecule has 0 aliphatic rings. The van der Waals surface area contributed by atoms with E-state index in [2.05, 4.69) is 26.6 Å². The zero-order valence-electron chi connectivity index (χ0n) is 29.9. The van der Waals surface area contributed by atoms with Gasteiger partial charge in [-0.05, 0) is 56.6 Å². The number of carbonyl (C=O) groups is 7. The molecule has 0 aliphatic heterocycles. The van der Waals surface area contributed by atoms with E-state index >= 15 is 0 Å². The molecule has 17 heteroatoms. The lowest BCUT2D eigenvalue weighted by Crippen LogP contribution is -2.61. The minimum Gasteiger partial charge on any atom is -0.481 e. The van der Waals surface area contributed by atoms with Gasteiger partial charge in [0.25, 0.3) is 0 Å². The van der Waals surface area contributed by atoms with Crippen LogP contribution in [-0.4, -0.2) is 106 Å². The number of rotatable bonds is 23. The number of nitrogens with one attached hydrogen (secondary N) is 5. The Morgan fingerprint density at radius 3 is 1.73 bits per heavy atom. The summed E-state index contributed by atoms with van der Waals surface area (Å²) in [7, 11) is 0. The van der Waals surface area contributed by atoms with Crippen molar-refractivity contribution >= 4 is 41.5 Å². The Kier molecular flexibility index (Phi) is 19.4. The van der Waals surface area contributed by atoms with Crippen molar-refractivity contribution in [2.24, 2.45) is 23.3 Å². The molecule has 0 saturated heterocycles. The van der Waals surface area contributed by atoms with Gasteiger partial charge in [0.15, 0.2) is 0 Å². The molecule has 0 aliphatic carbocycles. The lowest BCUT2D eigenvalue weighted by molar-refractivity contribution is -0.142. The van der Waals surface area contributed by atoms with Crippen LogP contribution >= 0.6 is 0 Å². The number of carboxylic acids is 2. The molecule has 0 radical (unpaired) electrons. The van der Waals surface area contributed by atoms with Gasteiger partial charge in [-0.25, -0.2) is 4.79 Å². The second-order valence-electron chi connectivity index (χ2n) is 13.3. The monoisotopic (exact) mass is 721 g/mol. The Bertz CT molecular complexity index is 1330. The van der Waals surface area contributed by atoms with Crippen LogP contribution in [0.4, 0.5) is 0 Å². The first-order valence-electron chi connectivity index (χ1n) is 17.0. The number of aliphatic carboxylic acids is 2. The summed E-state index contributed by atoms with van der Waals surface area (Å²) in [5.41, 5.74) is 12.0. The number of benzene rings is 1. The predicted octanol–water partition coefficient (Wildman–Crippen LogP) is -1.25. The Hall–Kier alpha value is -4.61. The number of aliphatic hydroxyl groups excluding tert-OH is 1. The molecule has 1 rings (SSSR count). The van der Waals surface area contributed by atoms with Crippen molar-refractivity contribution in [2.45, 2.75) is 115 Å². The number of unbranched alkanes of at least 4 members (excludes halogenated alkanes) is 1. The highest BCUT2D eigenvalue weighted by molar-refractivity contribution is 5.97. The average molecular weight is 722 g/mol. The van der Waals surface area contributed by atoms with E-state index in [1.54, 1.807) is 58.0 Å². The van der Waals surface area contributed by atoms with Crippen LogP contribution in [0.25, 0.3) is 0 Å². The molecule has 17 nitrogen and oxygen atoms in total. The van der Waals surface area contributed by atoms with Crippen molar-refractivity contribution in [1.29, 1.82) is 0 Å². The van der Waals surface area contributed by atoms with Crippen molar-refractivity contribution < 1.29 is 48.9 Å². The van der Waals surface area contributed by atoms with Crippen molar-refractivity contribution in [3.63, 3.8) is 0 Å². The number of aliphatic hydroxyl groups is 1. The van der Waals surface area contributed by atoms with Crippen LogP contribution in [0.2, 0.25) is 0 Å². The summed E-state index contributed by atoms with van der Waals surface area (Å²) in [6, 6.07) is 0.432. The van der Waals surface area contributed by atoms with Gasteiger partial charge in [0.05, 0.1) is 18.6 Å². The van der Waals surface area contributed by atoms with Crippen LogP contribution in [0.1, 0.15) is 72.3 Å². The zero-order valence-corrected chi connectivity index (χ0v) is 29.9. The molecule has 51 heavy (non-hydrogen) atoms. The van der Waals surface area contributed by atoms with Crippen molar-refractivity contribution in [2.75, 3.05) is 6.54 Å². The molecule has 0 bridgehead atoms. The highest BCUT2D eigenvalue weighted by Crippen LogP contribution is 2.11. The summed E-state index contributed by atoms with van der Waals surface area (Å²) in [6.07, 6.45) is -1.28. The molecule has 0 spiro atoms. The van der Waals surface area contributed by atoms with Crippen molar-refractivity contribution in [1.82, 2.24) is 26.6 Å². The summed E-state index contributed by atoms with van der Waals surface area (Å²) in [6.45, 7) is 8.42. The van der Waals surface area contributed by atoms with Crippen LogP contribution in [0.3, 0.4) is 0 Å². The quantitative estimate of drug-likeness (QED) is 0.0594. The van der Waals surface area contributed by atoms with Gasteiger partial charge in [-0.15, -0.1) is 0 Å². The molecule has 5 amide bonds. The van der Waals surface area contributed by atoms with Gasteiger partial charge in [-0.1, -0.05) is 58.0 Å². The third-order valence-electron chi connectivity index (χ3n) is 7.91. The molecule has 0 unspecified atom stereocenters. The van der Waals surface area contributed by atoms with E-state index in [0.29, 0.717) is 24.9 Å². The fourth-order valence-electron chi connectivity index (χ4n) is 4.93. The first-order chi connectivity index (χ1) is 23.9. The van der Waals surface area contributed by atoms with E-state index in [9.17, 15) is 48.9 Å². The third kappa shape index (κ3) is 16.3. The van der Waals surface area contributed by atoms with Gasteiger partial charge in [0, 0.05) is 6.42 Å². The number of hydrogen-bond donors (Lipinski definition) is 10. The first kappa shape index (κ1) is 44.4. The van der Waals surface area contributed by atoms with Crippen LogP contribution in [0.5, 0.6) is 0 Å². The molecule has 286 valence electrons. The molecule has 1 aromatic carbocycles. The van der Waals surface area contributed by atoms with E-state index in [-0.39, 0.29) is 31.1 Å². The molecule has 0 heterocycles. The number of carboxylic acid groups (broad SMARTS) is 2. The maximum absolute atomic E-state index is 13.7. The number of amides is 5. The smallest absolute Gasteiger partial charge is 0.326 e. The third-order valence-corrected chi connectivity index (χ3v) is 7.91. The molecular formula is C34H55N7O10. The number of nitrogens with two attached hydrogens (primary N) is 2. The zero-order chi connectivity index (χ0) is 38.8. The summed E-state index contributed by atoms with van der Waals surface area (Å²) >= 11 is 0. The van der Waals surface area contributed by atoms with E-state index in [1.165, 1.54) is 6.92 Å². The van der Waals surface area contributed by atoms with Gasteiger partial charge in [-0.2, -0.15) is 0 Å². The summed E-state index contributed by atoms with van der Waals surface area (Å²) in [5.74, 6) is -7.72. The van der Waals surface area contributed by atoms with Gasteiger partial charge in [0.1, 0.15) is 30.2 Å². The Labute approximate surface area is 298 Å². The van der Waals surface area contributed by atoms with Crippen molar-refractivity contribution in [3.8, 4) is 0 Å². The predicted molar refractivity (Wildman–Crippen MR) is 187 cm³/mol. The minimum absolute atomic E-state index is 0.0273. The van der Waals surface area contributed by atoms with Crippen LogP contribution in [0.15, 0.2) is 30.3 Å². The van der Waals surface area contributed by atoms with Crippen LogP contribution in [0, 0.1) is 11.8 Å². The molecule has 0 aromatic heterocycles. The van der Waals surface area contributed by atoms with Gasteiger partial charge >= 0.3 is 11.9 Å². The topological polar surface area (TPSA) is 292 Å². The van der Waals surface area contributed by atoms with Crippen LogP contribution < -0.4 is 38.1 Å². The number of hydrogen-bond acceptors (Lipinski definition) is 10. The standard InChI is InChI=1S/C34H55N7O10/c1-18(2)15-23(38-31(47)25(17-26(43)44)40-33(49)28(20(5)42)41-32(48)27(36)19(3)4)29(45)39-24(16-21-11-7-6-8-12-21)30(46)37-22(34(50)51)13-9-10-14-35/h6-8,11-12,18-20,22-25,27-28,42H,9-10,13-17,35-36H2,1-5H3,(H,37,46)(H,38,47)(H,39,45)(H,40,49)(H,41,48)(H,43,44)(H,50,51)/t20-,22+,23+,24+,25+,27+,28+/m1/s1. The van der Waals surface area contributed by atoms with Gasteiger partial charge < -0.3 is 53.4 Å². The van der Waals surface area contributed by atoms with Crippen molar-refractivity contribution in [3.05, 3.63) is 35.9 Å². The maximum Gasteiger partial charge on any atom is 0.326 e. The van der Waals surface area contributed by atoms with E-state index < -0.39 is 90.3 Å². The fraction of sp³-hybridized carbons (Fsp3) is 0.618. The largest absolute Gasteiger partial charge is 0.481 e. The summed E-state index contributed by atoms with van der Waals surface area (Å²) < 4.78 is 0. The number of carbonyl (C=O) groups excluding carboxylic acids is 5. The van der Waals surface area contributed by atoms with E-state index in [4.69, 9.17) is 11.5 Å². The normalized spacial score (nSPS) is 15.3. The highest BCUT2D eigenvalue weighted by atomic mass is 16.4. The van der Waals surface area contributed by atoms with Crippen LogP contribution in [-0.2, 0) is 40.0 Å². The Morgan fingerprint density at radius 2 is 1.22 bits per heavy atom. The maximum atomic E-state index is 13.7. The lowest BCUT2D eigenvalue weighted by Gasteiger charge is -2.28. The lowest BCUT2D eigenvalue weighted by atomic mass is 10.00. The second kappa shape index (κ2) is 22.3. The molecular weight excluding hydrogens is 666 g/mol. The second-order valence-corrected chi connectivity index (χ2v) is 13.3. The Morgan fingerprint density at radius 1 is 0.686 bits per heavy atom. The average Bonchev–Trinajstić information content (AvgIpc) is 3.04. The van der Waals surface area contributed by atoms with Gasteiger partial charge in [0.2, 0.25) is 29.5 Å². The molecule has 12 N–H and O–H groups in total. The first-order valence-corrected chi connectivity index (χ1v) is 17.0. The van der Waals surface area contributed by atoms with E-state index in [1.807, 2.05) is 0 Å². The summed E-state index contributed by atoms with van der Waals surface area (Å²) in [5, 5.41) is 41.5. The SMILES string of the molecule is CC(C)C[C@H](NC(=O)[C@H](CC(=O)O)NC(=O)[C@@H](NC(=O)[C@@H](N)C(C)C)[C@@H](C)O)C(=O)N[C@@H](Cc1ccccc1)C(=O)N[C@@H](CCCCN)C(=O)O. The Balaban J connectivity index is 3.31. The fourth-order valence-corrected chi connectivity index (χ4v) is 4.93. The highest BCUT2D eigenvalue weighted by Gasteiger charge is 2.35. The minimum atomic E-state index is -1.75. The molecule has 0 fully saturated rings. The molecule has 7 atom stereocenters. The van der Waals surface area contributed by atoms with Gasteiger partial charge in [-0.3, -0.25) is 28.8 Å². The van der Waals surface area contributed by atoms with E-state index in [0.717, 1.165) is 0 Å². The molecule has 1 aromatic rings. The molecule has 0 saturated carbocycles.